The molecule has 1 aromatic carbocycles. The minimum absolute atomic E-state index is 0.558. The lowest BCUT2D eigenvalue weighted by molar-refractivity contribution is 0.248. The zero-order chi connectivity index (χ0) is 14.1. The zero-order valence-corrected chi connectivity index (χ0v) is 12.5. The van der Waals surface area contributed by atoms with Crippen LogP contribution in [0.15, 0.2) is 28.7 Å². The first-order valence-corrected chi connectivity index (χ1v) is 7.37. The number of primary amides is 1. The number of nitrogens with two attached hydrogens (primary N) is 1. The van der Waals surface area contributed by atoms with Gasteiger partial charge in [-0.3, -0.25) is 0 Å². The van der Waals surface area contributed by atoms with E-state index in [1.165, 1.54) is 4.68 Å². The smallest absolute Gasteiger partial charge is 0.341 e. The van der Waals surface area contributed by atoms with E-state index in [1.807, 2.05) is 24.3 Å². The van der Waals surface area contributed by atoms with Crippen molar-refractivity contribution in [1.29, 1.82) is 0 Å². The predicted molar refractivity (Wildman–Crippen MR) is 81.8 cm³/mol. The van der Waals surface area contributed by atoms with Crippen molar-refractivity contribution in [2.75, 3.05) is 11.9 Å². The molecule has 1 aliphatic rings. The van der Waals surface area contributed by atoms with Crippen LogP contribution < -0.4 is 11.1 Å². The number of hydrogen-bond acceptors (Lipinski definition) is 3. The van der Waals surface area contributed by atoms with Crippen molar-refractivity contribution >= 4 is 27.8 Å². The van der Waals surface area contributed by atoms with E-state index in [0.717, 1.165) is 52.9 Å². The Morgan fingerprint density at radius 2 is 2.25 bits per heavy atom. The Kier molecular flexibility index (Phi) is 3.48. The maximum atomic E-state index is 11.6. The number of amides is 1. The topological polar surface area (TPSA) is 72.9 Å². The number of rotatable bonds is 1. The minimum atomic E-state index is -0.558. The van der Waals surface area contributed by atoms with Crippen molar-refractivity contribution in [2.24, 2.45) is 5.73 Å². The molecule has 20 heavy (non-hydrogen) atoms. The first kappa shape index (κ1) is 13.2. The van der Waals surface area contributed by atoms with Crippen molar-refractivity contribution in [3.63, 3.8) is 0 Å². The van der Waals surface area contributed by atoms with E-state index in [0.29, 0.717) is 0 Å². The number of carbonyl (C=O) groups excluding carboxylic acids is 1. The highest BCUT2D eigenvalue weighted by Crippen LogP contribution is 2.32. The molecule has 0 saturated heterocycles. The highest BCUT2D eigenvalue weighted by atomic mass is 79.9. The summed E-state index contributed by atoms with van der Waals surface area (Å²) in [5.74, 6) is 0.741. The van der Waals surface area contributed by atoms with Crippen LogP contribution in [0, 0.1) is 0 Å². The molecule has 0 unspecified atom stereocenters. The molecule has 6 heteroatoms. The number of anilines is 1. The fourth-order valence-corrected chi connectivity index (χ4v) is 2.93. The summed E-state index contributed by atoms with van der Waals surface area (Å²) in [5.41, 5.74) is 8.31. The van der Waals surface area contributed by atoms with Gasteiger partial charge in [-0.25, -0.2) is 4.79 Å². The summed E-state index contributed by atoms with van der Waals surface area (Å²) in [6, 6.07) is 7.35. The van der Waals surface area contributed by atoms with Gasteiger partial charge in [0, 0.05) is 22.1 Å². The van der Waals surface area contributed by atoms with E-state index in [2.05, 4.69) is 26.3 Å². The minimum Gasteiger partial charge on any atom is -0.370 e. The number of carbonyl (C=O) groups is 1. The predicted octanol–water partition coefficient (Wildman–Crippen LogP) is 2.99. The summed E-state index contributed by atoms with van der Waals surface area (Å²) >= 11 is 3.46. The van der Waals surface area contributed by atoms with Gasteiger partial charge in [0.1, 0.15) is 5.82 Å². The summed E-state index contributed by atoms with van der Waals surface area (Å²) in [4.78, 5) is 11.6. The monoisotopic (exact) mass is 334 g/mol. The standard InChI is InChI=1S/C14H15BrN4O/c15-10-5-3-4-9(8-10)12-11-6-1-2-7-17-13(11)19(18-12)14(16)20/h3-5,8,17H,1-2,6-7H2,(H2,16,20). The molecule has 0 fully saturated rings. The molecule has 2 aromatic rings. The molecule has 0 atom stereocenters. The Morgan fingerprint density at radius 3 is 3.00 bits per heavy atom. The van der Waals surface area contributed by atoms with Crippen molar-refractivity contribution in [2.45, 2.75) is 19.3 Å². The summed E-state index contributed by atoms with van der Waals surface area (Å²) in [5, 5.41) is 7.67. The summed E-state index contributed by atoms with van der Waals surface area (Å²) in [6.07, 6.45) is 3.05. The van der Waals surface area contributed by atoms with Crippen molar-refractivity contribution < 1.29 is 4.79 Å². The molecule has 104 valence electrons. The maximum absolute atomic E-state index is 11.6. The number of hydrogen-bond donors (Lipinski definition) is 2. The molecular weight excluding hydrogens is 320 g/mol. The van der Waals surface area contributed by atoms with E-state index >= 15 is 0 Å². The lowest BCUT2D eigenvalue weighted by atomic mass is 10.0. The van der Waals surface area contributed by atoms with Crippen LogP contribution in [0.1, 0.15) is 18.4 Å². The third-order valence-corrected chi connectivity index (χ3v) is 3.93. The van der Waals surface area contributed by atoms with Gasteiger partial charge in [-0.05, 0) is 31.4 Å². The molecule has 0 radical (unpaired) electrons. The number of fused-ring (bicyclic) bond motifs is 1. The average molecular weight is 335 g/mol. The van der Waals surface area contributed by atoms with Gasteiger partial charge in [0.25, 0.3) is 0 Å². The van der Waals surface area contributed by atoms with E-state index in [4.69, 9.17) is 5.73 Å². The molecule has 2 heterocycles. The lowest BCUT2D eigenvalue weighted by Crippen LogP contribution is -2.23. The zero-order valence-electron chi connectivity index (χ0n) is 10.9. The fourth-order valence-electron chi connectivity index (χ4n) is 2.53. The number of benzene rings is 1. The van der Waals surface area contributed by atoms with E-state index < -0.39 is 6.03 Å². The van der Waals surface area contributed by atoms with Crippen LogP contribution in [0.5, 0.6) is 0 Å². The maximum Gasteiger partial charge on any atom is 0.341 e. The lowest BCUT2D eigenvalue weighted by Gasteiger charge is -2.04. The van der Waals surface area contributed by atoms with Crippen LogP contribution in [0.3, 0.4) is 0 Å². The van der Waals surface area contributed by atoms with Gasteiger partial charge < -0.3 is 11.1 Å². The third-order valence-electron chi connectivity index (χ3n) is 3.44. The number of aromatic nitrogens is 2. The Hall–Kier alpha value is -1.82. The Morgan fingerprint density at radius 1 is 1.40 bits per heavy atom. The second-order valence-corrected chi connectivity index (χ2v) is 5.74. The highest BCUT2D eigenvalue weighted by Gasteiger charge is 2.22. The SMILES string of the molecule is NC(=O)n1nc(-c2cccc(Br)c2)c2c1NCCCC2. The van der Waals surface area contributed by atoms with Gasteiger partial charge in [0.2, 0.25) is 0 Å². The molecule has 0 aliphatic carbocycles. The fraction of sp³-hybridized carbons (Fsp3) is 0.286. The van der Waals surface area contributed by atoms with Crippen LogP contribution in [0.25, 0.3) is 11.3 Å². The first-order valence-electron chi connectivity index (χ1n) is 6.58. The molecule has 1 aromatic heterocycles. The van der Waals surface area contributed by atoms with E-state index in [1.54, 1.807) is 0 Å². The van der Waals surface area contributed by atoms with Crippen LogP contribution in [0.2, 0.25) is 0 Å². The molecule has 1 amide bonds. The molecule has 0 bridgehead atoms. The van der Waals surface area contributed by atoms with Crippen LogP contribution >= 0.6 is 15.9 Å². The summed E-state index contributed by atoms with van der Waals surface area (Å²) in [7, 11) is 0. The first-order chi connectivity index (χ1) is 9.66. The Balaban J connectivity index is 2.18. The quantitative estimate of drug-likeness (QED) is 0.841. The van der Waals surface area contributed by atoms with Crippen LogP contribution in [-0.2, 0) is 6.42 Å². The molecule has 0 saturated carbocycles. The normalized spacial score (nSPS) is 14.2. The van der Waals surface area contributed by atoms with E-state index in [9.17, 15) is 4.79 Å². The van der Waals surface area contributed by atoms with Gasteiger partial charge >= 0.3 is 6.03 Å². The Labute approximate surface area is 125 Å². The number of halogens is 1. The van der Waals surface area contributed by atoms with Crippen molar-refractivity contribution in [1.82, 2.24) is 9.78 Å². The Bertz CT molecular complexity index is 665. The second kappa shape index (κ2) is 5.28. The van der Waals surface area contributed by atoms with Gasteiger partial charge in [-0.2, -0.15) is 9.78 Å². The molecular formula is C14H15BrN4O. The summed E-state index contributed by atoms with van der Waals surface area (Å²) in [6.45, 7) is 0.837. The molecule has 0 spiro atoms. The third kappa shape index (κ3) is 2.31. The number of nitrogens with one attached hydrogen (secondary N) is 1. The van der Waals surface area contributed by atoms with E-state index in [-0.39, 0.29) is 0 Å². The average Bonchev–Trinajstić information content (AvgIpc) is 2.61. The van der Waals surface area contributed by atoms with Crippen molar-refractivity contribution in [3.8, 4) is 11.3 Å². The van der Waals surface area contributed by atoms with Crippen LogP contribution in [0.4, 0.5) is 10.6 Å². The van der Waals surface area contributed by atoms with Gasteiger partial charge in [0.15, 0.2) is 0 Å². The van der Waals surface area contributed by atoms with Gasteiger partial charge in [-0.1, -0.05) is 28.1 Å². The summed E-state index contributed by atoms with van der Waals surface area (Å²) < 4.78 is 2.26. The van der Waals surface area contributed by atoms with Crippen molar-refractivity contribution in [3.05, 3.63) is 34.3 Å². The molecule has 1 aliphatic heterocycles. The van der Waals surface area contributed by atoms with Gasteiger partial charge in [0.05, 0.1) is 5.69 Å². The number of nitrogens with zero attached hydrogens (tertiary/aromatic N) is 2. The molecule has 3 N–H and O–H groups in total. The molecule has 3 rings (SSSR count). The highest BCUT2D eigenvalue weighted by molar-refractivity contribution is 9.10. The van der Waals surface area contributed by atoms with Crippen LogP contribution in [-0.4, -0.2) is 22.4 Å². The second-order valence-electron chi connectivity index (χ2n) is 4.82. The molecule has 5 nitrogen and oxygen atoms in total. The largest absolute Gasteiger partial charge is 0.370 e. The van der Waals surface area contributed by atoms with Gasteiger partial charge in [-0.15, -0.1) is 0 Å².